The summed E-state index contributed by atoms with van der Waals surface area (Å²) < 4.78 is 0.950. The minimum absolute atomic E-state index is 0.0955. The van der Waals surface area contributed by atoms with Crippen molar-refractivity contribution < 1.29 is 9.59 Å². The van der Waals surface area contributed by atoms with Crippen LogP contribution in [0.2, 0.25) is 0 Å². The molecule has 31 heavy (non-hydrogen) atoms. The Morgan fingerprint density at radius 2 is 1.87 bits per heavy atom. The molecule has 0 saturated carbocycles. The molecule has 2 aliphatic rings. The average Bonchev–Trinajstić information content (AvgIpc) is 2.66. The van der Waals surface area contributed by atoms with Crippen molar-refractivity contribution in [1.29, 1.82) is 0 Å². The summed E-state index contributed by atoms with van der Waals surface area (Å²) in [5, 5.41) is 6.32. The van der Waals surface area contributed by atoms with Crippen molar-refractivity contribution >= 4 is 33.4 Å². The topological polar surface area (TPSA) is 71.1 Å². The summed E-state index contributed by atoms with van der Waals surface area (Å²) in [6, 6.07) is 11.6. The molecular formula is C25H26BrN3O2. The molecule has 160 valence electrons. The summed E-state index contributed by atoms with van der Waals surface area (Å²) in [6.07, 6.45) is 2.91. The summed E-state index contributed by atoms with van der Waals surface area (Å²) in [5.41, 5.74) is 4.77. The van der Waals surface area contributed by atoms with Gasteiger partial charge in [-0.25, -0.2) is 4.98 Å². The van der Waals surface area contributed by atoms with E-state index < -0.39 is 5.92 Å². The third-order valence-corrected chi connectivity index (χ3v) is 6.37. The highest BCUT2D eigenvalue weighted by atomic mass is 79.9. The van der Waals surface area contributed by atoms with Gasteiger partial charge in [0.25, 0.3) is 5.91 Å². The number of aryl methyl sites for hydroxylation is 1. The number of carbonyl (C=O) groups excluding carboxylic acids is 2. The van der Waals surface area contributed by atoms with Gasteiger partial charge in [-0.2, -0.15) is 0 Å². The van der Waals surface area contributed by atoms with Crippen molar-refractivity contribution in [2.24, 2.45) is 5.41 Å². The van der Waals surface area contributed by atoms with Crippen LogP contribution in [0.1, 0.15) is 50.7 Å². The first kappa shape index (κ1) is 21.5. The first-order chi connectivity index (χ1) is 14.6. The number of aromatic nitrogens is 1. The number of ketones is 1. The summed E-state index contributed by atoms with van der Waals surface area (Å²) in [5.74, 6) is -0.0770. The van der Waals surface area contributed by atoms with Crippen LogP contribution in [0.5, 0.6) is 0 Å². The number of pyridine rings is 1. The van der Waals surface area contributed by atoms with Gasteiger partial charge in [0.1, 0.15) is 5.82 Å². The van der Waals surface area contributed by atoms with Crippen LogP contribution < -0.4 is 10.6 Å². The van der Waals surface area contributed by atoms with E-state index in [4.69, 9.17) is 0 Å². The van der Waals surface area contributed by atoms with Gasteiger partial charge in [-0.3, -0.25) is 9.59 Å². The number of dihydropyridines is 1. The van der Waals surface area contributed by atoms with Crippen LogP contribution in [0.3, 0.4) is 0 Å². The second kappa shape index (κ2) is 8.08. The summed E-state index contributed by atoms with van der Waals surface area (Å²) in [7, 11) is 0. The van der Waals surface area contributed by atoms with E-state index in [1.54, 1.807) is 6.20 Å². The molecule has 0 saturated heterocycles. The van der Waals surface area contributed by atoms with E-state index in [1.165, 1.54) is 0 Å². The first-order valence-corrected chi connectivity index (χ1v) is 11.2. The quantitative estimate of drug-likeness (QED) is 0.618. The number of amides is 1. The van der Waals surface area contributed by atoms with E-state index in [9.17, 15) is 9.59 Å². The number of nitrogens with one attached hydrogen (secondary N) is 2. The van der Waals surface area contributed by atoms with Crippen LogP contribution in [0.4, 0.5) is 5.82 Å². The van der Waals surface area contributed by atoms with Gasteiger partial charge in [0.15, 0.2) is 5.78 Å². The van der Waals surface area contributed by atoms with Gasteiger partial charge in [0, 0.05) is 45.5 Å². The number of nitrogens with zero attached hydrogens (tertiary/aromatic N) is 1. The standard InChI is InChI=1S/C25H26BrN3O2/c1-14-9-10-27-20(11-14)29-24(31)21-15(2)28-18-12-25(3,4)13-19(30)23(18)22(21)16-5-7-17(26)8-6-16/h5-11,22,28H,12-13H2,1-4H3,(H,27,29,31)/t22-/m1/s1. The van der Waals surface area contributed by atoms with Gasteiger partial charge < -0.3 is 10.6 Å². The minimum atomic E-state index is -0.419. The van der Waals surface area contributed by atoms with Crippen LogP contribution in [-0.2, 0) is 9.59 Å². The molecular weight excluding hydrogens is 454 g/mol. The van der Waals surface area contributed by atoms with Crippen LogP contribution >= 0.6 is 15.9 Å². The van der Waals surface area contributed by atoms with Gasteiger partial charge >= 0.3 is 0 Å². The number of benzene rings is 1. The predicted molar refractivity (Wildman–Crippen MR) is 125 cm³/mol. The van der Waals surface area contributed by atoms with Crippen molar-refractivity contribution in [3.05, 3.63) is 80.7 Å². The fourth-order valence-corrected chi connectivity index (χ4v) is 4.78. The fraction of sp³-hybridized carbons (Fsp3) is 0.320. The molecule has 1 aromatic heterocycles. The lowest BCUT2D eigenvalue weighted by atomic mass is 9.68. The molecule has 1 atom stereocenters. The van der Waals surface area contributed by atoms with Gasteiger partial charge in [-0.05, 0) is 61.1 Å². The predicted octanol–water partition coefficient (Wildman–Crippen LogP) is 5.40. The molecule has 2 heterocycles. The largest absolute Gasteiger partial charge is 0.362 e. The molecule has 0 radical (unpaired) electrons. The zero-order valence-corrected chi connectivity index (χ0v) is 19.8. The number of hydrogen-bond acceptors (Lipinski definition) is 4. The molecule has 2 aromatic rings. The maximum absolute atomic E-state index is 13.5. The van der Waals surface area contributed by atoms with E-state index in [-0.39, 0.29) is 17.1 Å². The molecule has 1 amide bonds. The number of carbonyl (C=O) groups is 2. The summed E-state index contributed by atoms with van der Waals surface area (Å²) in [6.45, 7) is 8.07. The van der Waals surface area contributed by atoms with Gasteiger partial charge in [0.05, 0.1) is 0 Å². The molecule has 1 aliphatic heterocycles. The van der Waals surface area contributed by atoms with Gasteiger partial charge in [0.2, 0.25) is 0 Å². The van der Waals surface area contributed by atoms with Gasteiger partial charge in [-0.15, -0.1) is 0 Å². The van der Waals surface area contributed by atoms with Crippen LogP contribution in [-0.4, -0.2) is 16.7 Å². The Morgan fingerprint density at radius 1 is 1.16 bits per heavy atom. The third kappa shape index (κ3) is 4.35. The van der Waals surface area contributed by atoms with Crippen molar-refractivity contribution in [3.63, 3.8) is 0 Å². The highest BCUT2D eigenvalue weighted by Crippen LogP contribution is 2.46. The van der Waals surface area contributed by atoms with Crippen molar-refractivity contribution in [2.75, 3.05) is 5.32 Å². The Balaban J connectivity index is 1.80. The third-order valence-electron chi connectivity index (χ3n) is 5.84. The summed E-state index contributed by atoms with van der Waals surface area (Å²) in [4.78, 5) is 31.0. The van der Waals surface area contributed by atoms with Crippen LogP contribution in [0, 0.1) is 12.3 Å². The molecule has 0 bridgehead atoms. The first-order valence-electron chi connectivity index (χ1n) is 10.4. The minimum Gasteiger partial charge on any atom is -0.362 e. The van der Waals surface area contributed by atoms with Gasteiger partial charge in [-0.1, -0.05) is 41.9 Å². The SMILES string of the molecule is CC1=C(C(=O)Nc2cc(C)ccn2)[C@@H](c2ccc(Br)cc2)C2=C(CC(C)(C)CC2=O)N1. The lowest BCUT2D eigenvalue weighted by Gasteiger charge is -2.39. The number of rotatable bonds is 3. The molecule has 4 rings (SSSR count). The Morgan fingerprint density at radius 3 is 2.55 bits per heavy atom. The van der Waals surface area contributed by atoms with E-state index in [0.717, 1.165) is 33.4 Å². The maximum Gasteiger partial charge on any atom is 0.255 e. The van der Waals surface area contributed by atoms with Crippen LogP contribution in [0.15, 0.2) is 69.6 Å². The van der Waals surface area contributed by atoms with Crippen LogP contribution in [0.25, 0.3) is 0 Å². The van der Waals surface area contributed by atoms with E-state index >= 15 is 0 Å². The monoisotopic (exact) mass is 479 g/mol. The van der Waals surface area contributed by atoms with E-state index in [2.05, 4.69) is 45.4 Å². The molecule has 1 aromatic carbocycles. The van der Waals surface area contributed by atoms with E-state index in [1.807, 2.05) is 50.2 Å². The zero-order chi connectivity index (χ0) is 22.3. The second-order valence-electron chi connectivity index (χ2n) is 9.15. The summed E-state index contributed by atoms with van der Waals surface area (Å²) >= 11 is 3.48. The lowest BCUT2D eigenvalue weighted by molar-refractivity contribution is -0.118. The fourth-order valence-electron chi connectivity index (χ4n) is 4.51. The number of Topliss-reactive ketones (excluding diaryl/α,β-unsaturated/α-hetero) is 1. The van der Waals surface area contributed by atoms with Crippen molar-refractivity contribution in [3.8, 4) is 0 Å². The maximum atomic E-state index is 13.5. The molecule has 6 heteroatoms. The highest BCUT2D eigenvalue weighted by molar-refractivity contribution is 9.10. The Bertz CT molecular complexity index is 1130. The molecule has 0 unspecified atom stereocenters. The molecule has 0 fully saturated rings. The Labute approximate surface area is 191 Å². The smallest absolute Gasteiger partial charge is 0.255 e. The number of hydrogen-bond donors (Lipinski definition) is 2. The molecule has 2 N–H and O–H groups in total. The van der Waals surface area contributed by atoms with Crippen molar-refractivity contribution in [1.82, 2.24) is 10.3 Å². The molecule has 1 aliphatic carbocycles. The zero-order valence-electron chi connectivity index (χ0n) is 18.2. The highest BCUT2D eigenvalue weighted by Gasteiger charge is 2.42. The Kier molecular flexibility index (Phi) is 5.60. The molecule has 0 spiro atoms. The van der Waals surface area contributed by atoms with Crippen molar-refractivity contribution in [2.45, 2.75) is 46.5 Å². The Hall–Kier alpha value is -2.73. The average molecular weight is 480 g/mol. The number of halogens is 1. The lowest BCUT2D eigenvalue weighted by Crippen LogP contribution is -2.39. The number of allylic oxidation sites excluding steroid dienone is 3. The second-order valence-corrected chi connectivity index (χ2v) is 10.1. The number of anilines is 1. The molecule has 5 nitrogen and oxygen atoms in total. The van der Waals surface area contributed by atoms with E-state index in [0.29, 0.717) is 23.4 Å². The normalized spacial score (nSPS) is 20.3.